The molecule has 1 fully saturated rings. The van der Waals surface area contributed by atoms with E-state index in [1.165, 1.54) is 32.1 Å². The van der Waals surface area contributed by atoms with Crippen molar-refractivity contribution in [2.45, 2.75) is 45.6 Å². The van der Waals surface area contributed by atoms with E-state index in [-0.39, 0.29) is 0 Å². The van der Waals surface area contributed by atoms with Crippen LogP contribution in [0.3, 0.4) is 0 Å². The molecule has 6 nitrogen and oxygen atoms in total. The Hall–Kier alpha value is -1.40. The highest BCUT2D eigenvalue weighted by Gasteiger charge is 2.18. The monoisotopic (exact) mass is 293 g/mol. The normalized spacial score (nSPS) is 22.0. The summed E-state index contributed by atoms with van der Waals surface area (Å²) in [5, 5.41) is 3.38. The van der Waals surface area contributed by atoms with Crippen molar-refractivity contribution in [3.63, 3.8) is 0 Å². The van der Waals surface area contributed by atoms with E-state index in [1.54, 1.807) is 7.11 Å². The zero-order chi connectivity index (χ0) is 15.1. The molecule has 21 heavy (non-hydrogen) atoms. The van der Waals surface area contributed by atoms with Gasteiger partial charge in [0.25, 0.3) is 0 Å². The molecule has 0 amide bonds. The Morgan fingerprint density at radius 3 is 2.86 bits per heavy atom. The number of ether oxygens (including phenoxy) is 1. The summed E-state index contributed by atoms with van der Waals surface area (Å²) in [5.74, 6) is 9.19. The molecule has 1 aromatic rings. The summed E-state index contributed by atoms with van der Waals surface area (Å²) in [5.41, 5.74) is 2.57. The number of nitrogens with one attached hydrogen (secondary N) is 2. The zero-order valence-electron chi connectivity index (χ0n) is 13.1. The average molecular weight is 293 g/mol. The third-order valence-electron chi connectivity index (χ3n) is 4.10. The summed E-state index contributed by atoms with van der Waals surface area (Å²) in [4.78, 5) is 8.66. The molecule has 0 saturated heterocycles. The van der Waals surface area contributed by atoms with Crippen LogP contribution in [0.5, 0.6) is 0 Å². The molecule has 6 heteroatoms. The van der Waals surface area contributed by atoms with Crippen LogP contribution in [0.1, 0.15) is 44.9 Å². The van der Waals surface area contributed by atoms with Crippen LogP contribution >= 0.6 is 0 Å². The predicted octanol–water partition coefficient (Wildman–Crippen LogP) is 2.54. The quantitative estimate of drug-likeness (QED) is 0.529. The van der Waals surface area contributed by atoms with Crippen molar-refractivity contribution in [1.82, 2.24) is 9.97 Å². The van der Waals surface area contributed by atoms with Crippen LogP contribution in [-0.2, 0) is 11.3 Å². The van der Waals surface area contributed by atoms with Crippen molar-refractivity contribution < 1.29 is 4.74 Å². The topological polar surface area (TPSA) is 85.1 Å². The molecule has 1 aliphatic rings. The summed E-state index contributed by atoms with van der Waals surface area (Å²) < 4.78 is 5.07. The van der Waals surface area contributed by atoms with Crippen molar-refractivity contribution in [1.29, 1.82) is 0 Å². The van der Waals surface area contributed by atoms with Gasteiger partial charge in [-0.3, -0.25) is 0 Å². The number of hydrogen-bond donors (Lipinski definition) is 3. The molecule has 1 aromatic heterocycles. The van der Waals surface area contributed by atoms with E-state index in [4.69, 9.17) is 10.6 Å². The first-order valence-corrected chi connectivity index (χ1v) is 7.78. The molecule has 1 saturated carbocycles. The van der Waals surface area contributed by atoms with Gasteiger partial charge < -0.3 is 15.5 Å². The number of methoxy groups -OCH3 is 1. The first kappa shape index (κ1) is 16.0. The zero-order valence-corrected chi connectivity index (χ0v) is 13.1. The van der Waals surface area contributed by atoms with E-state index in [1.807, 2.05) is 6.07 Å². The van der Waals surface area contributed by atoms with Gasteiger partial charge in [0.1, 0.15) is 18.2 Å². The molecule has 0 bridgehead atoms. The number of nitrogens with zero attached hydrogens (tertiary/aromatic N) is 2. The minimum atomic E-state index is 0.379. The molecule has 1 heterocycles. The average Bonchev–Trinajstić information content (AvgIpc) is 2.47. The van der Waals surface area contributed by atoms with Crippen LogP contribution < -0.4 is 16.6 Å². The molecular formula is C15H27N5O. The van der Waals surface area contributed by atoms with E-state index < -0.39 is 0 Å². The number of nitrogen functional groups attached to an aromatic ring is 1. The summed E-state index contributed by atoms with van der Waals surface area (Å²) in [6, 6.07) is 1.82. The summed E-state index contributed by atoms with van der Waals surface area (Å²) in [6.07, 6.45) is 6.68. The third kappa shape index (κ3) is 5.13. The van der Waals surface area contributed by atoms with Crippen LogP contribution in [0, 0.1) is 11.8 Å². The molecule has 0 radical (unpaired) electrons. The molecule has 4 N–H and O–H groups in total. The van der Waals surface area contributed by atoms with E-state index in [0.717, 1.165) is 24.2 Å². The van der Waals surface area contributed by atoms with Gasteiger partial charge in [0, 0.05) is 19.7 Å². The van der Waals surface area contributed by atoms with Gasteiger partial charge in [-0.25, -0.2) is 15.8 Å². The lowest BCUT2D eigenvalue weighted by Gasteiger charge is -2.26. The van der Waals surface area contributed by atoms with Gasteiger partial charge in [0.05, 0.1) is 0 Å². The van der Waals surface area contributed by atoms with E-state index in [9.17, 15) is 0 Å². The molecule has 2 unspecified atom stereocenters. The molecule has 2 rings (SSSR count). The number of nitrogens with two attached hydrogens (primary N) is 1. The lowest BCUT2D eigenvalue weighted by Crippen LogP contribution is -2.17. The van der Waals surface area contributed by atoms with Gasteiger partial charge in [-0.1, -0.05) is 26.2 Å². The van der Waals surface area contributed by atoms with Crippen molar-refractivity contribution >= 4 is 11.6 Å². The van der Waals surface area contributed by atoms with Crippen molar-refractivity contribution in [3.8, 4) is 0 Å². The summed E-state index contributed by atoms with van der Waals surface area (Å²) >= 11 is 0. The standard InChI is InChI=1S/C15H27N5O/c1-11-4-3-5-12(8-11)6-7-17-13-9-14(20-16)19-15(18-13)10-21-2/h9,11-12H,3-8,10,16H2,1-2H3,(H2,17,18,19,20). The second-order valence-electron chi connectivity index (χ2n) is 5.99. The van der Waals surface area contributed by atoms with Crippen LogP contribution in [0.4, 0.5) is 11.6 Å². The fourth-order valence-corrected chi connectivity index (χ4v) is 3.08. The van der Waals surface area contributed by atoms with E-state index in [0.29, 0.717) is 18.2 Å². The number of rotatable bonds is 7. The summed E-state index contributed by atoms with van der Waals surface area (Å²) in [6.45, 7) is 3.68. The maximum absolute atomic E-state index is 5.44. The SMILES string of the molecule is COCc1nc(NN)cc(NCCC2CCCC(C)C2)n1. The molecule has 118 valence electrons. The van der Waals surface area contributed by atoms with Crippen molar-refractivity contribution in [2.24, 2.45) is 17.7 Å². The number of anilines is 2. The smallest absolute Gasteiger partial charge is 0.158 e. The minimum Gasteiger partial charge on any atom is -0.377 e. The first-order chi connectivity index (χ1) is 10.2. The summed E-state index contributed by atoms with van der Waals surface area (Å²) in [7, 11) is 1.63. The van der Waals surface area contributed by atoms with Crippen LogP contribution in [0.25, 0.3) is 0 Å². The molecule has 0 spiro atoms. The number of hydrazine groups is 1. The Balaban J connectivity index is 1.85. The second kappa shape index (κ2) is 8.14. The van der Waals surface area contributed by atoms with Crippen molar-refractivity contribution in [3.05, 3.63) is 11.9 Å². The molecule has 0 aromatic carbocycles. The maximum atomic E-state index is 5.44. The molecule has 0 aliphatic heterocycles. The van der Waals surface area contributed by atoms with E-state index in [2.05, 4.69) is 27.6 Å². The van der Waals surface area contributed by atoms with Crippen LogP contribution in [0.2, 0.25) is 0 Å². The van der Waals surface area contributed by atoms with E-state index >= 15 is 0 Å². The highest BCUT2D eigenvalue weighted by Crippen LogP contribution is 2.30. The Morgan fingerprint density at radius 2 is 2.14 bits per heavy atom. The third-order valence-corrected chi connectivity index (χ3v) is 4.10. The van der Waals surface area contributed by atoms with Gasteiger partial charge in [-0.15, -0.1) is 0 Å². The minimum absolute atomic E-state index is 0.379. The van der Waals surface area contributed by atoms with Gasteiger partial charge in [0.15, 0.2) is 5.82 Å². The van der Waals surface area contributed by atoms with Gasteiger partial charge in [-0.2, -0.15) is 0 Å². The lowest BCUT2D eigenvalue weighted by molar-refractivity contribution is 0.178. The number of aromatic nitrogens is 2. The number of hydrogen-bond acceptors (Lipinski definition) is 6. The Morgan fingerprint density at radius 1 is 1.33 bits per heavy atom. The Kier molecular flexibility index (Phi) is 6.20. The fraction of sp³-hybridized carbons (Fsp3) is 0.733. The van der Waals surface area contributed by atoms with Crippen LogP contribution in [-0.4, -0.2) is 23.6 Å². The molecular weight excluding hydrogens is 266 g/mol. The van der Waals surface area contributed by atoms with Gasteiger partial charge in [-0.05, 0) is 24.7 Å². The molecule has 2 atom stereocenters. The lowest BCUT2D eigenvalue weighted by atomic mass is 9.81. The fourth-order valence-electron chi connectivity index (χ4n) is 3.08. The van der Waals surface area contributed by atoms with Gasteiger partial charge in [0.2, 0.25) is 0 Å². The van der Waals surface area contributed by atoms with Gasteiger partial charge >= 0.3 is 0 Å². The highest BCUT2D eigenvalue weighted by atomic mass is 16.5. The Bertz CT molecular complexity index is 440. The maximum Gasteiger partial charge on any atom is 0.158 e. The molecule has 1 aliphatic carbocycles. The highest BCUT2D eigenvalue weighted by molar-refractivity contribution is 5.46. The second-order valence-corrected chi connectivity index (χ2v) is 5.99. The predicted molar refractivity (Wildman–Crippen MR) is 84.8 cm³/mol. The van der Waals surface area contributed by atoms with Crippen LogP contribution in [0.15, 0.2) is 6.07 Å². The largest absolute Gasteiger partial charge is 0.377 e. The Labute approximate surface area is 126 Å². The van der Waals surface area contributed by atoms with Crippen molar-refractivity contribution in [2.75, 3.05) is 24.4 Å². The first-order valence-electron chi connectivity index (χ1n) is 7.78.